The summed E-state index contributed by atoms with van der Waals surface area (Å²) >= 11 is 0. The maximum atomic E-state index is 12.5. The van der Waals surface area contributed by atoms with Crippen LogP contribution in [0.15, 0.2) is 42.5 Å². The summed E-state index contributed by atoms with van der Waals surface area (Å²) in [7, 11) is 2.78. The summed E-state index contributed by atoms with van der Waals surface area (Å²) in [5.41, 5.74) is 0.242. The Labute approximate surface area is 154 Å². The smallest absolute Gasteiger partial charge is 0.387 e. The summed E-state index contributed by atoms with van der Waals surface area (Å²) < 4.78 is 44.1. The second-order valence-corrected chi connectivity index (χ2v) is 5.35. The van der Waals surface area contributed by atoms with E-state index in [1.165, 1.54) is 45.4 Å². The third-order valence-corrected chi connectivity index (χ3v) is 3.65. The highest BCUT2D eigenvalue weighted by Gasteiger charge is 2.25. The monoisotopic (exact) mass is 380 g/mol. The van der Waals surface area contributed by atoms with E-state index in [9.17, 15) is 18.4 Å². The molecular formula is C19H18F2O6. The summed E-state index contributed by atoms with van der Waals surface area (Å²) in [4.78, 5) is 24.9. The minimum absolute atomic E-state index is 0.0582. The van der Waals surface area contributed by atoms with Gasteiger partial charge in [-0.1, -0.05) is 6.07 Å². The van der Waals surface area contributed by atoms with Crippen molar-refractivity contribution < 1.29 is 37.3 Å². The maximum absolute atomic E-state index is 12.5. The Morgan fingerprint density at radius 1 is 0.926 bits per heavy atom. The van der Waals surface area contributed by atoms with Gasteiger partial charge in [-0.2, -0.15) is 8.78 Å². The van der Waals surface area contributed by atoms with E-state index in [-0.39, 0.29) is 28.4 Å². The Kier molecular flexibility index (Phi) is 6.70. The minimum atomic E-state index is -2.96. The average Bonchev–Trinajstić information content (AvgIpc) is 2.66. The second kappa shape index (κ2) is 8.98. The third kappa shape index (κ3) is 4.93. The van der Waals surface area contributed by atoms with Crippen LogP contribution in [0.3, 0.4) is 0 Å². The number of esters is 1. The van der Waals surface area contributed by atoms with Gasteiger partial charge in [0.05, 0.1) is 14.2 Å². The fourth-order valence-corrected chi connectivity index (χ4v) is 2.36. The van der Waals surface area contributed by atoms with Crippen molar-refractivity contribution in [1.82, 2.24) is 0 Å². The number of benzene rings is 2. The van der Waals surface area contributed by atoms with Crippen LogP contribution in [0.2, 0.25) is 0 Å². The predicted molar refractivity (Wildman–Crippen MR) is 91.8 cm³/mol. The number of carbonyl (C=O) groups excluding carboxylic acids is 2. The molecule has 2 aromatic carbocycles. The summed E-state index contributed by atoms with van der Waals surface area (Å²) in [6.07, 6.45) is -1.12. The van der Waals surface area contributed by atoms with Crippen LogP contribution >= 0.6 is 0 Å². The van der Waals surface area contributed by atoms with E-state index in [2.05, 4.69) is 4.74 Å². The van der Waals surface area contributed by atoms with E-state index in [1.807, 2.05) is 0 Å². The van der Waals surface area contributed by atoms with Gasteiger partial charge in [0.1, 0.15) is 22.8 Å². The molecule has 0 N–H and O–H groups in total. The molecule has 8 heteroatoms. The molecule has 27 heavy (non-hydrogen) atoms. The van der Waals surface area contributed by atoms with Gasteiger partial charge in [-0.25, -0.2) is 4.79 Å². The topological polar surface area (TPSA) is 71.1 Å². The van der Waals surface area contributed by atoms with E-state index in [1.54, 1.807) is 18.2 Å². The molecule has 0 aliphatic rings. The SMILES string of the molecule is COc1cccc(OC)c1C(=O)O[C@H](C)C(=O)c1ccc(OC(F)F)cc1. The summed E-state index contributed by atoms with van der Waals surface area (Å²) in [5.74, 6) is -0.881. The Hall–Kier alpha value is -3.16. The summed E-state index contributed by atoms with van der Waals surface area (Å²) in [6, 6.07) is 9.86. The largest absolute Gasteiger partial charge is 0.496 e. The molecule has 0 unspecified atom stereocenters. The molecule has 0 aliphatic carbocycles. The number of Topliss-reactive ketones (excluding diaryl/α,β-unsaturated/α-hetero) is 1. The van der Waals surface area contributed by atoms with Gasteiger partial charge in [-0.3, -0.25) is 4.79 Å². The first-order valence-corrected chi connectivity index (χ1v) is 7.88. The molecule has 144 valence electrons. The number of methoxy groups -OCH3 is 2. The van der Waals surface area contributed by atoms with Gasteiger partial charge in [-0.05, 0) is 43.3 Å². The number of ether oxygens (including phenoxy) is 4. The van der Waals surface area contributed by atoms with Crippen molar-refractivity contribution in [3.05, 3.63) is 53.6 Å². The first-order valence-electron chi connectivity index (χ1n) is 7.88. The minimum Gasteiger partial charge on any atom is -0.496 e. The molecular weight excluding hydrogens is 362 g/mol. The fraction of sp³-hybridized carbons (Fsp3) is 0.263. The number of halogens is 2. The lowest BCUT2D eigenvalue weighted by molar-refractivity contribution is -0.0498. The van der Waals surface area contributed by atoms with Gasteiger partial charge in [0.25, 0.3) is 0 Å². The molecule has 0 saturated heterocycles. The quantitative estimate of drug-likeness (QED) is 0.513. The van der Waals surface area contributed by atoms with Gasteiger partial charge < -0.3 is 18.9 Å². The number of hydrogen-bond donors (Lipinski definition) is 0. The average molecular weight is 380 g/mol. The number of carbonyl (C=O) groups is 2. The molecule has 0 aliphatic heterocycles. The van der Waals surface area contributed by atoms with Crippen LogP contribution in [0.5, 0.6) is 17.2 Å². The van der Waals surface area contributed by atoms with E-state index in [4.69, 9.17) is 14.2 Å². The van der Waals surface area contributed by atoms with Crippen molar-refractivity contribution in [2.75, 3.05) is 14.2 Å². The van der Waals surface area contributed by atoms with E-state index < -0.39 is 24.5 Å². The number of ketones is 1. The normalized spacial score (nSPS) is 11.6. The lowest BCUT2D eigenvalue weighted by Gasteiger charge is -2.16. The van der Waals surface area contributed by atoms with Crippen LogP contribution in [0.25, 0.3) is 0 Å². The molecule has 0 spiro atoms. The third-order valence-electron chi connectivity index (χ3n) is 3.65. The van der Waals surface area contributed by atoms with Crippen LogP contribution in [-0.4, -0.2) is 38.7 Å². The van der Waals surface area contributed by atoms with Crippen molar-refractivity contribution in [2.45, 2.75) is 19.6 Å². The molecule has 0 bridgehead atoms. The molecule has 0 aromatic heterocycles. The van der Waals surface area contributed by atoms with Crippen LogP contribution in [0.4, 0.5) is 8.78 Å². The molecule has 0 radical (unpaired) electrons. The standard InChI is InChI=1S/C19H18F2O6/c1-11(17(22)12-7-9-13(10-8-12)27-19(20)21)26-18(23)16-14(24-2)5-4-6-15(16)25-3/h4-11,19H,1-3H3/t11-/m1/s1. The molecule has 0 heterocycles. The summed E-state index contributed by atoms with van der Waals surface area (Å²) in [6.45, 7) is -1.55. The van der Waals surface area contributed by atoms with Crippen LogP contribution < -0.4 is 14.2 Å². The Balaban J connectivity index is 2.13. The van der Waals surface area contributed by atoms with Gasteiger partial charge in [0.2, 0.25) is 5.78 Å². The lowest BCUT2D eigenvalue weighted by Crippen LogP contribution is -2.25. The molecule has 0 saturated carbocycles. The molecule has 2 aromatic rings. The lowest BCUT2D eigenvalue weighted by atomic mass is 10.1. The highest BCUT2D eigenvalue weighted by atomic mass is 19.3. The Bertz CT molecular complexity index is 782. The molecule has 0 amide bonds. The summed E-state index contributed by atoms with van der Waals surface area (Å²) in [5, 5.41) is 0. The van der Waals surface area contributed by atoms with Gasteiger partial charge >= 0.3 is 12.6 Å². The van der Waals surface area contributed by atoms with E-state index in [0.29, 0.717) is 0 Å². The predicted octanol–water partition coefficient (Wildman–Crippen LogP) is 3.73. The van der Waals surface area contributed by atoms with Crippen molar-refractivity contribution in [2.24, 2.45) is 0 Å². The molecule has 1 atom stereocenters. The van der Waals surface area contributed by atoms with Crippen molar-refractivity contribution in [3.8, 4) is 17.2 Å². The van der Waals surface area contributed by atoms with Gasteiger partial charge in [0.15, 0.2) is 6.10 Å². The zero-order valence-corrected chi connectivity index (χ0v) is 14.9. The van der Waals surface area contributed by atoms with Gasteiger partial charge in [0, 0.05) is 5.56 Å². The Morgan fingerprint density at radius 3 is 1.96 bits per heavy atom. The molecule has 0 fully saturated rings. The fourth-order valence-electron chi connectivity index (χ4n) is 2.36. The first kappa shape index (κ1) is 20.2. The van der Waals surface area contributed by atoms with Crippen molar-refractivity contribution >= 4 is 11.8 Å². The number of alkyl halides is 2. The van der Waals surface area contributed by atoms with Crippen LogP contribution in [0, 0.1) is 0 Å². The Morgan fingerprint density at radius 2 is 1.48 bits per heavy atom. The zero-order chi connectivity index (χ0) is 20.0. The van der Waals surface area contributed by atoms with Gasteiger partial charge in [-0.15, -0.1) is 0 Å². The zero-order valence-electron chi connectivity index (χ0n) is 14.9. The van der Waals surface area contributed by atoms with Crippen molar-refractivity contribution in [3.63, 3.8) is 0 Å². The van der Waals surface area contributed by atoms with E-state index in [0.717, 1.165) is 0 Å². The highest BCUT2D eigenvalue weighted by molar-refractivity contribution is 6.02. The first-order chi connectivity index (χ1) is 12.9. The molecule has 6 nitrogen and oxygen atoms in total. The van der Waals surface area contributed by atoms with Crippen LogP contribution in [0.1, 0.15) is 27.6 Å². The number of rotatable bonds is 8. The second-order valence-electron chi connectivity index (χ2n) is 5.35. The molecule has 2 rings (SSSR count). The maximum Gasteiger partial charge on any atom is 0.387 e. The number of hydrogen-bond acceptors (Lipinski definition) is 6. The van der Waals surface area contributed by atoms with Crippen LogP contribution in [-0.2, 0) is 4.74 Å². The van der Waals surface area contributed by atoms with Crippen molar-refractivity contribution in [1.29, 1.82) is 0 Å². The van der Waals surface area contributed by atoms with E-state index >= 15 is 0 Å². The highest BCUT2D eigenvalue weighted by Crippen LogP contribution is 2.29.